The number of hydrogen-bond acceptors (Lipinski definition) is 6. The van der Waals surface area contributed by atoms with Crippen molar-refractivity contribution in [2.45, 2.75) is 0 Å². The standard InChI is InChI=1S/C19H15NO7/c1-26-13-8-3-2-5-10(13)11-6-4-7-12-15(11)16(19(25)27-18(12)24)17(23)20-9-14(21)22/h2-8,24H,9H2,1H3,(H,20,23)(H,21,22). The third kappa shape index (κ3) is 3.32. The molecule has 8 nitrogen and oxygen atoms in total. The highest BCUT2D eigenvalue weighted by atomic mass is 16.5. The van der Waals surface area contributed by atoms with Crippen molar-refractivity contribution in [3.05, 3.63) is 58.4 Å². The summed E-state index contributed by atoms with van der Waals surface area (Å²) >= 11 is 0. The van der Waals surface area contributed by atoms with Gasteiger partial charge in [-0.2, -0.15) is 0 Å². The van der Waals surface area contributed by atoms with E-state index in [9.17, 15) is 19.5 Å². The number of amides is 1. The Balaban J connectivity index is 2.35. The molecule has 0 aliphatic carbocycles. The van der Waals surface area contributed by atoms with Crippen molar-refractivity contribution in [2.24, 2.45) is 0 Å². The van der Waals surface area contributed by atoms with E-state index < -0.39 is 35.6 Å². The van der Waals surface area contributed by atoms with Gasteiger partial charge in [0.25, 0.3) is 11.9 Å². The van der Waals surface area contributed by atoms with E-state index in [1.165, 1.54) is 13.2 Å². The van der Waals surface area contributed by atoms with Crippen LogP contribution in [0.15, 0.2) is 51.7 Å². The lowest BCUT2D eigenvalue weighted by molar-refractivity contribution is -0.135. The van der Waals surface area contributed by atoms with E-state index in [0.29, 0.717) is 16.9 Å². The van der Waals surface area contributed by atoms with Crippen molar-refractivity contribution < 1.29 is 29.0 Å². The van der Waals surface area contributed by atoms with Crippen LogP contribution >= 0.6 is 0 Å². The maximum atomic E-state index is 12.5. The van der Waals surface area contributed by atoms with Gasteiger partial charge in [-0.1, -0.05) is 30.3 Å². The van der Waals surface area contributed by atoms with E-state index in [2.05, 4.69) is 5.32 Å². The SMILES string of the molecule is COc1ccccc1-c1cccc2c(O)oc(=O)c(C(=O)NCC(=O)O)c12. The number of ether oxygens (including phenoxy) is 1. The zero-order valence-corrected chi connectivity index (χ0v) is 14.2. The molecule has 27 heavy (non-hydrogen) atoms. The molecule has 1 heterocycles. The average molecular weight is 369 g/mol. The Hall–Kier alpha value is -3.81. The summed E-state index contributed by atoms with van der Waals surface area (Å²) in [6, 6.07) is 11.7. The number of carboxylic acids is 1. The quantitative estimate of drug-likeness (QED) is 0.628. The topological polar surface area (TPSA) is 126 Å². The summed E-state index contributed by atoms with van der Waals surface area (Å²) in [6.45, 7) is -0.669. The first-order valence-corrected chi connectivity index (χ1v) is 7.86. The molecule has 0 unspecified atom stereocenters. The molecule has 0 radical (unpaired) electrons. The molecule has 0 aliphatic heterocycles. The number of benzene rings is 2. The van der Waals surface area contributed by atoms with Crippen LogP contribution in [0.25, 0.3) is 21.9 Å². The molecule has 0 bridgehead atoms. The highest BCUT2D eigenvalue weighted by Crippen LogP contribution is 2.38. The Morgan fingerprint density at radius 3 is 2.52 bits per heavy atom. The maximum absolute atomic E-state index is 12.5. The van der Waals surface area contributed by atoms with E-state index in [1.54, 1.807) is 36.4 Å². The number of fused-ring (bicyclic) bond motifs is 1. The Labute approximate surface area is 152 Å². The van der Waals surface area contributed by atoms with E-state index >= 15 is 0 Å². The zero-order valence-electron chi connectivity index (χ0n) is 14.2. The van der Waals surface area contributed by atoms with Gasteiger partial charge in [-0.15, -0.1) is 0 Å². The Bertz CT molecular complexity index is 1100. The van der Waals surface area contributed by atoms with E-state index in [4.69, 9.17) is 14.3 Å². The first kappa shape index (κ1) is 18.0. The number of aliphatic carboxylic acids is 1. The van der Waals surface area contributed by atoms with Crippen LogP contribution in [-0.2, 0) is 4.79 Å². The Kier molecular flexibility index (Phi) is 4.80. The summed E-state index contributed by atoms with van der Waals surface area (Å²) in [4.78, 5) is 35.5. The predicted octanol–water partition coefficient (Wildman–Crippen LogP) is 1.99. The van der Waals surface area contributed by atoms with Crippen molar-refractivity contribution >= 4 is 22.6 Å². The van der Waals surface area contributed by atoms with Crippen LogP contribution in [0.1, 0.15) is 10.4 Å². The van der Waals surface area contributed by atoms with Crippen molar-refractivity contribution in [3.63, 3.8) is 0 Å². The van der Waals surface area contributed by atoms with E-state index in [1.807, 2.05) is 0 Å². The lowest BCUT2D eigenvalue weighted by Crippen LogP contribution is -2.32. The van der Waals surface area contributed by atoms with E-state index in [0.717, 1.165) is 0 Å². The summed E-state index contributed by atoms with van der Waals surface area (Å²) in [5.41, 5.74) is -0.438. The molecule has 138 valence electrons. The van der Waals surface area contributed by atoms with Gasteiger partial charge >= 0.3 is 11.6 Å². The minimum absolute atomic E-state index is 0.137. The van der Waals surface area contributed by atoms with Crippen LogP contribution in [0, 0.1) is 0 Å². The molecular weight excluding hydrogens is 354 g/mol. The number of para-hydroxylation sites is 1. The maximum Gasteiger partial charge on any atom is 0.352 e. The molecule has 3 aromatic rings. The van der Waals surface area contributed by atoms with Gasteiger partial charge in [0, 0.05) is 10.9 Å². The summed E-state index contributed by atoms with van der Waals surface area (Å²) in [6.07, 6.45) is 0. The third-order valence-electron chi connectivity index (χ3n) is 3.96. The van der Waals surface area contributed by atoms with Crippen LogP contribution in [-0.4, -0.2) is 35.7 Å². The summed E-state index contributed by atoms with van der Waals surface area (Å²) < 4.78 is 10.1. The molecule has 8 heteroatoms. The van der Waals surface area contributed by atoms with Gasteiger partial charge in [0.15, 0.2) is 0 Å². The molecule has 0 aliphatic rings. The minimum Gasteiger partial charge on any atom is -0.496 e. The Morgan fingerprint density at radius 2 is 1.81 bits per heavy atom. The monoisotopic (exact) mass is 369 g/mol. The van der Waals surface area contributed by atoms with Gasteiger partial charge in [0.05, 0.1) is 12.5 Å². The molecule has 1 aromatic heterocycles. The van der Waals surface area contributed by atoms with E-state index in [-0.39, 0.29) is 10.8 Å². The zero-order chi connectivity index (χ0) is 19.6. The highest BCUT2D eigenvalue weighted by molar-refractivity contribution is 6.13. The van der Waals surface area contributed by atoms with Crippen LogP contribution in [0.5, 0.6) is 11.7 Å². The molecule has 0 saturated carbocycles. The molecule has 2 aromatic carbocycles. The number of methoxy groups -OCH3 is 1. The number of hydrogen-bond donors (Lipinski definition) is 3. The van der Waals surface area contributed by atoms with Gasteiger partial charge in [0.1, 0.15) is 17.9 Å². The largest absolute Gasteiger partial charge is 0.496 e. The first-order chi connectivity index (χ1) is 12.9. The molecule has 0 atom stereocenters. The second kappa shape index (κ2) is 7.20. The summed E-state index contributed by atoms with van der Waals surface area (Å²) in [7, 11) is 1.48. The number of carbonyl (C=O) groups excluding carboxylic acids is 1. The van der Waals surface area contributed by atoms with Crippen molar-refractivity contribution in [1.82, 2.24) is 5.32 Å². The van der Waals surface area contributed by atoms with Crippen LogP contribution in [0.3, 0.4) is 0 Å². The number of carboxylic acid groups (broad SMARTS) is 1. The number of aromatic hydroxyl groups is 1. The molecule has 0 spiro atoms. The Morgan fingerprint density at radius 1 is 1.11 bits per heavy atom. The van der Waals surface area contributed by atoms with Gasteiger partial charge < -0.3 is 24.7 Å². The smallest absolute Gasteiger partial charge is 0.352 e. The normalized spacial score (nSPS) is 10.6. The molecule has 0 fully saturated rings. The summed E-state index contributed by atoms with van der Waals surface area (Å²) in [5, 5.41) is 21.2. The van der Waals surface area contributed by atoms with Crippen LogP contribution in [0.4, 0.5) is 0 Å². The predicted molar refractivity (Wildman–Crippen MR) is 96.1 cm³/mol. The third-order valence-corrected chi connectivity index (χ3v) is 3.96. The van der Waals surface area contributed by atoms with Crippen LogP contribution < -0.4 is 15.7 Å². The van der Waals surface area contributed by atoms with Crippen molar-refractivity contribution in [1.29, 1.82) is 0 Å². The first-order valence-electron chi connectivity index (χ1n) is 7.86. The van der Waals surface area contributed by atoms with Gasteiger partial charge in [-0.25, -0.2) is 4.79 Å². The minimum atomic E-state index is -1.26. The van der Waals surface area contributed by atoms with Gasteiger partial charge in [0.2, 0.25) is 0 Å². The fraction of sp³-hybridized carbons (Fsp3) is 0.105. The molecular formula is C19H15NO7. The number of nitrogens with one attached hydrogen (secondary N) is 1. The molecule has 3 N–H and O–H groups in total. The molecule has 1 amide bonds. The molecule has 3 rings (SSSR count). The number of rotatable bonds is 5. The number of carbonyl (C=O) groups is 2. The van der Waals surface area contributed by atoms with Gasteiger partial charge in [-0.05, 0) is 17.7 Å². The van der Waals surface area contributed by atoms with Crippen LogP contribution in [0.2, 0.25) is 0 Å². The fourth-order valence-electron chi connectivity index (χ4n) is 2.84. The lowest BCUT2D eigenvalue weighted by atomic mass is 9.95. The second-order valence-corrected chi connectivity index (χ2v) is 5.57. The van der Waals surface area contributed by atoms with Crippen molar-refractivity contribution in [3.8, 4) is 22.8 Å². The molecule has 0 saturated heterocycles. The lowest BCUT2D eigenvalue weighted by Gasteiger charge is -2.13. The summed E-state index contributed by atoms with van der Waals surface area (Å²) in [5.74, 6) is -2.32. The van der Waals surface area contributed by atoms with Crippen molar-refractivity contribution in [2.75, 3.05) is 13.7 Å². The van der Waals surface area contributed by atoms with Gasteiger partial charge in [-0.3, -0.25) is 9.59 Å². The highest BCUT2D eigenvalue weighted by Gasteiger charge is 2.23. The fourth-order valence-corrected chi connectivity index (χ4v) is 2.84. The average Bonchev–Trinajstić information content (AvgIpc) is 2.66. The second-order valence-electron chi connectivity index (χ2n) is 5.57.